The van der Waals surface area contributed by atoms with Crippen molar-refractivity contribution >= 4 is 21.6 Å². The molecular formula is C22H17BrN2O. The fourth-order valence-electron chi connectivity index (χ4n) is 3.72. The predicted octanol–water partition coefficient (Wildman–Crippen LogP) is 5.69. The molecule has 0 fully saturated rings. The molecule has 4 heteroatoms. The van der Waals surface area contributed by atoms with Crippen LogP contribution in [0.2, 0.25) is 0 Å². The number of halogens is 1. The molecule has 128 valence electrons. The Morgan fingerprint density at radius 3 is 2.58 bits per heavy atom. The minimum atomic E-state index is -0.228. The Labute approximate surface area is 161 Å². The molecule has 3 aromatic carbocycles. The number of hydrogen-bond acceptors (Lipinski definition) is 3. The molecule has 3 aromatic rings. The van der Waals surface area contributed by atoms with Gasteiger partial charge in [-0.1, -0.05) is 76.6 Å². The van der Waals surface area contributed by atoms with E-state index in [4.69, 9.17) is 9.84 Å². The molecular weight excluding hydrogens is 388 g/mol. The standard InChI is InChI=1S/C22H17BrN2O/c23-17-10-6-9-16(13-17)22-25-20(18-11-4-5-12-21(18)26-22)14-19(24-25)15-7-2-1-3-8-15/h1-13,20,22H,14H2/t20-,22+/m1/s1. The van der Waals surface area contributed by atoms with Gasteiger partial charge in [-0.25, -0.2) is 5.01 Å². The molecule has 2 heterocycles. The quantitative estimate of drug-likeness (QED) is 0.547. The summed E-state index contributed by atoms with van der Waals surface area (Å²) in [7, 11) is 0. The summed E-state index contributed by atoms with van der Waals surface area (Å²) in [5, 5.41) is 7.09. The highest BCUT2D eigenvalue weighted by atomic mass is 79.9. The van der Waals surface area contributed by atoms with Crippen LogP contribution in [0.15, 0.2) is 88.4 Å². The second-order valence-electron chi connectivity index (χ2n) is 6.58. The number of para-hydroxylation sites is 1. The van der Waals surface area contributed by atoms with Gasteiger partial charge in [-0.2, -0.15) is 5.10 Å². The average molecular weight is 405 g/mol. The molecule has 5 rings (SSSR count). The van der Waals surface area contributed by atoms with Crippen LogP contribution < -0.4 is 4.74 Å². The molecule has 0 spiro atoms. The Morgan fingerprint density at radius 1 is 0.923 bits per heavy atom. The van der Waals surface area contributed by atoms with Crippen LogP contribution in [-0.4, -0.2) is 10.7 Å². The fraction of sp³-hybridized carbons (Fsp3) is 0.136. The number of hydrazone groups is 1. The molecule has 0 radical (unpaired) electrons. The zero-order chi connectivity index (χ0) is 17.5. The molecule has 0 aliphatic carbocycles. The Balaban J connectivity index is 1.61. The first-order valence-electron chi connectivity index (χ1n) is 8.72. The fourth-order valence-corrected chi connectivity index (χ4v) is 4.14. The SMILES string of the molecule is Brc1cccc([C@@H]2Oc3ccccc3[C@H]3CC(c4ccccc4)=NN32)c1. The summed E-state index contributed by atoms with van der Waals surface area (Å²) in [6.45, 7) is 0. The highest BCUT2D eigenvalue weighted by Crippen LogP contribution is 2.47. The monoisotopic (exact) mass is 404 g/mol. The molecule has 0 unspecified atom stereocenters. The number of rotatable bonds is 2. The second-order valence-corrected chi connectivity index (χ2v) is 7.49. The van der Waals surface area contributed by atoms with Crippen LogP contribution in [0, 0.1) is 0 Å². The van der Waals surface area contributed by atoms with E-state index in [9.17, 15) is 0 Å². The lowest BCUT2D eigenvalue weighted by atomic mass is 9.96. The summed E-state index contributed by atoms with van der Waals surface area (Å²) in [5.74, 6) is 0.947. The lowest BCUT2D eigenvalue weighted by Gasteiger charge is -2.38. The molecule has 26 heavy (non-hydrogen) atoms. The number of nitrogens with zero attached hydrogens (tertiary/aromatic N) is 2. The van der Waals surface area contributed by atoms with Gasteiger partial charge < -0.3 is 4.74 Å². The summed E-state index contributed by atoms with van der Waals surface area (Å²) < 4.78 is 7.41. The van der Waals surface area contributed by atoms with Crippen LogP contribution in [0.25, 0.3) is 0 Å². The Hall–Kier alpha value is -2.59. The maximum atomic E-state index is 6.37. The molecule has 2 atom stereocenters. The summed E-state index contributed by atoms with van der Waals surface area (Å²) in [6, 6.07) is 27.2. The zero-order valence-corrected chi connectivity index (χ0v) is 15.6. The van der Waals surface area contributed by atoms with E-state index in [0.29, 0.717) is 0 Å². The van der Waals surface area contributed by atoms with Gasteiger partial charge in [0.05, 0.1) is 11.8 Å². The van der Waals surface area contributed by atoms with Crippen molar-refractivity contribution in [1.82, 2.24) is 5.01 Å². The van der Waals surface area contributed by atoms with Crippen molar-refractivity contribution < 1.29 is 4.74 Å². The van der Waals surface area contributed by atoms with E-state index >= 15 is 0 Å². The van der Waals surface area contributed by atoms with E-state index in [2.05, 4.69) is 75.5 Å². The van der Waals surface area contributed by atoms with Crippen molar-refractivity contribution in [2.24, 2.45) is 5.10 Å². The highest BCUT2D eigenvalue weighted by molar-refractivity contribution is 9.10. The Kier molecular flexibility index (Phi) is 3.79. The summed E-state index contributed by atoms with van der Waals surface area (Å²) in [5.41, 5.74) is 4.58. The molecule has 2 aliphatic rings. The molecule has 0 saturated carbocycles. The second kappa shape index (κ2) is 6.29. The minimum absolute atomic E-state index is 0.194. The summed E-state index contributed by atoms with van der Waals surface area (Å²) >= 11 is 3.57. The van der Waals surface area contributed by atoms with Crippen LogP contribution in [0.4, 0.5) is 0 Å². The van der Waals surface area contributed by atoms with Gasteiger partial charge in [0.15, 0.2) is 0 Å². The number of hydrogen-bond donors (Lipinski definition) is 0. The third-order valence-electron chi connectivity index (χ3n) is 4.94. The van der Waals surface area contributed by atoms with Crippen molar-refractivity contribution in [3.63, 3.8) is 0 Å². The van der Waals surface area contributed by atoms with Gasteiger partial charge in [0.2, 0.25) is 6.23 Å². The van der Waals surface area contributed by atoms with Gasteiger partial charge in [0.1, 0.15) is 5.75 Å². The van der Waals surface area contributed by atoms with Crippen LogP contribution in [0.1, 0.15) is 35.4 Å². The predicted molar refractivity (Wildman–Crippen MR) is 106 cm³/mol. The molecule has 0 bridgehead atoms. The van der Waals surface area contributed by atoms with Crippen molar-refractivity contribution in [3.05, 3.63) is 100 Å². The van der Waals surface area contributed by atoms with Gasteiger partial charge in [-0.05, 0) is 23.8 Å². The van der Waals surface area contributed by atoms with Gasteiger partial charge in [-0.3, -0.25) is 0 Å². The van der Waals surface area contributed by atoms with Gasteiger partial charge in [0.25, 0.3) is 0 Å². The smallest absolute Gasteiger partial charge is 0.213 e. The number of benzene rings is 3. The van der Waals surface area contributed by atoms with E-state index in [1.807, 2.05) is 24.3 Å². The topological polar surface area (TPSA) is 24.8 Å². The number of fused-ring (bicyclic) bond motifs is 3. The van der Waals surface area contributed by atoms with Crippen molar-refractivity contribution in [2.45, 2.75) is 18.7 Å². The first-order chi connectivity index (χ1) is 12.8. The molecule has 0 saturated heterocycles. The Bertz CT molecular complexity index is 986. The van der Waals surface area contributed by atoms with E-state index in [-0.39, 0.29) is 12.3 Å². The van der Waals surface area contributed by atoms with Gasteiger partial charge >= 0.3 is 0 Å². The van der Waals surface area contributed by atoms with Crippen LogP contribution in [-0.2, 0) is 0 Å². The lowest BCUT2D eigenvalue weighted by Crippen LogP contribution is -2.33. The van der Waals surface area contributed by atoms with E-state index in [0.717, 1.165) is 27.9 Å². The highest BCUT2D eigenvalue weighted by Gasteiger charge is 2.40. The lowest BCUT2D eigenvalue weighted by molar-refractivity contribution is -0.0190. The van der Waals surface area contributed by atoms with Crippen LogP contribution in [0.3, 0.4) is 0 Å². The zero-order valence-electron chi connectivity index (χ0n) is 14.0. The van der Waals surface area contributed by atoms with E-state index in [1.54, 1.807) is 0 Å². The van der Waals surface area contributed by atoms with Gasteiger partial charge in [-0.15, -0.1) is 0 Å². The first kappa shape index (κ1) is 15.6. The van der Waals surface area contributed by atoms with Crippen LogP contribution >= 0.6 is 15.9 Å². The maximum absolute atomic E-state index is 6.37. The molecule has 0 N–H and O–H groups in total. The minimum Gasteiger partial charge on any atom is -0.464 e. The van der Waals surface area contributed by atoms with Crippen LogP contribution in [0.5, 0.6) is 5.75 Å². The molecule has 0 aromatic heterocycles. The molecule has 3 nitrogen and oxygen atoms in total. The normalized spacial score (nSPS) is 20.8. The Morgan fingerprint density at radius 2 is 1.73 bits per heavy atom. The van der Waals surface area contributed by atoms with Crippen molar-refractivity contribution in [2.75, 3.05) is 0 Å². The third kappa shape index (κ3) is 2.61. The average Bonchev–Trinajstić information content (AvgIpc) is 3.14. The summed E-state index contributed by atoms with van der Waals surface area (Å²) in [4.78, 5) is 0. The maximum Gasteiger partial charge on any atom is 0.213 e. The van der Waals surface area contributed by atoms with Gasteiger partial charge in [0, 0.05) is 22.0 Å². The first-order valence-corrected chi connectivity index (χ1v) is 9.51. The van der Waals surface area contributed by atoms with Crippen molar-refractivity contribution in [3.8, 4) is 5.75 Å². The summed E-state index contributed by atoms with van der Waals surface area (Å²) in [6.07, 6.45) is 0.656. The number of ether oxygens (including phenoxy) is 1. The van der Waals surface area contributed by atoms with E-state index < -0.39 is 0 Å². The van der Waals surface area contributed by atoms with Crippen molar-refractivity contribution in [1.29, 1.82) is 0 Å². The molecule has 0 amide bonds. The molecule has 2 aliphatic heterocycles. The van der Waals surface area contributed by atoms with E-state index in [1.165, 1.54) is 11.1 Å². The largest absolute Gasteiger partial charge is 0.464 e. The third-order valence-corrected chi connectivity index (χ3v) is 5.43.